The normalized spacial score (nSPS) is 21.3. The summed E-state index contributed by atoms with van der Waals surface area (Å²) in [7, 11) is 0. The van der Waals surface area contributed by atoms with Gasteiger partial charge in [-0.1, -0.05) is 38.1 Å². The number of benzene rings is 1. The minimum atomic E-state index is -0.123. The second kappa shape index (κ2) is 4.89. The molecule has 1 aliphatic heterocycles. The Labute approximate surface area is 114 Å². The Morgan fingerprint density at radius 2 is 2.06 bits per heavy atom. The average molecular weight is 266 g/mol. The zero-order chi connectivity index (χ0) is 13.4. The highest BCUT2D eigenvalue weighted by Gasteiger charge is 2.49. The van der Waals surface area contributed by atoms with Gasteiger partial charge < -0.3 is 4.65 Å². The van der Waals surface area contributed by atoms with E-state index in [1.54, 1.807) is 0 Å². The summed E-state index contributed by atoms with van der Waals surface area (Å²) >= 11 is 0.365. The van der Waals surface area contributed by atoms with Crippen molar-refractivity contribution in [1.82, 2.24) is 0 Å². The van der Waals surface area contributed by atoms with Crippen LogP contribution in [0.5, 0.6) is 0 Å². The monoisotopic (exact) mass is 266 g/mol. The fraction of sp³-hybridized carbons (Fsp3) is 0.571. The molecule has 1 aliphatic rings. The quantitative estimate of drug-likeness (QED) is 0.769. The van der Waals surface area contributed by atoms with Crippen LogP contribution in [-0.2, 0) is 10.4 Å². The molecule has 0 radical (unpaired) electrons. The predicted octanol–water partition coefficient (Wildman–Crippen LogP) is 3.84. The maximum atomic E-state index is 12.3. The van der Waals surface area contributed by atoms with Crippen molar-refractivity contribution in [3.8, 4) is 0 Å². The molecule has 4 heteroatoms. The van der Waals surface area contributed by atoms with Crippen LogP contribution < -0.4 is 5.46 Å². The summed E-state index contributed by atoms with van der Waals surface area (Å²) in [5.74, 6) is 0.410. The Bertz CT molecular complexity index is 418. The van der Waals surface area contributed by atoms with Crippen molar-refractivity contribution >= 4 is 24.5 Å². The largest absolute Gasteiger partial charge is 0.426 e. The van der Waals surface area contributed by atoms with Crippen LogP contribution in [0.3, 0.4) is 0 Å². The van der Waals surface area contributed by atoms with Crippen LogP contribution in [0.25, 0.3) is 0 Å². The van der Waals surface area contributed by atoms with Crippen molar-refractivity contribution in [2.24, 2.45) is 5.41 Å². The van der Waals surface area contributed by atoms with Gasteiger partial charge in [0.05, 0.1) is 11.4 Å². The maximum absolute atomic E-state index is 12.3. The Kier molecular flexibility index (Phi) is 3.79. The molecule has 0 amide bonds. The van der Waals surface area contributed by atoms with Gasteiger partial charge in [0, 0.05) is 12.1 Å². The predicted molar refractivity (Wildman–Crippen MR) is 78.0 cm³/mol. The van der Waals surface area contributed by atoms with E-state index in [1.165, 1.54) is 5.46 Å². The van der Waals surface area contributed by atoms with Gasteiger partial charge in [-0.15, -0.1) is 0 Å². The van der Waals surface area contributed by atoms with Crippen molar-refractivity contribution in [1.29, 1.82) is 0 Å². The molecule has 0 atom stereocenters. The number of hydrogen-bond acceptors (Lipinski definition) is 2. The Morgan fingerprint density at radius 1 is 1.33 bits per heavy atom. The maximum Gasteiger partial charge on any atom is 0.327 e. The SMILES string of the molecule is CC1(C)CB(c2cccc(CSF)c2)OC1(C)C. The molecular formula is C14H20BFOS. The lowest BCUT2D eigenvalue weighted by atomic mass is 9.54. The first-order valence-corrected chi connectivity index (χ1v) is 7.24. The van der Waals surface area contributed by atoms with E-state index in [-0.39, 0.29) is 17.9 Å². The molecule has 0 aromatic heterocycles. The van der Waals surface area contributed by atoms with Gasteiger partial charge in [0.2, 0.25) is 0 Å². The van der Waals surface area contributed by atoms with Gasteiger partial charge in [-0.05, 0) is 36.6 Å². The van der Waals surface area contributed by atoms with E-state index in [2.05, 4.69) is 39.8 Å². The third-order valence-corrected chi connectivity index (χ3v) is 4.75. The van der Waals surface area contributed by atoms with Gasteiger partial charge in [-0.25, -0.2) is 0 Å². The van der Waals surface area contributed by atoms with Crippen LogP contribution in [0.1, 0.15) is 33.3 Å². The summed E-state index contributed by atoms with van der Waals surface area (Å²) in [6.07, 6.45) is 1.01. The van der Waals surface area contributed by atoms with Crippen molar-refractivity contribution in [3.63, 3.8) is 0 Å². The summed E-state index contributed by atoms with van der Waals surface area (Å²) < 4.78 is 18.5. The minimum absolute atomic E-state index is 0.123. The third-order valence-electron chi connectivity index (χ3n) is 4.31. The van der Waals surface area contributed by atoms with Crippen molar-refractivity contribution in [2.75, 3.05) is 0 Å². The van der Waals surface area contributed by atoms with E-state index in [1.807, 2.05) is 12.1 Å². The molecule has 18 heavy (non-hydrogen) atoms. The summed E-state index contributed by atoms with van der Waals surface area (Å²) in [5, 5.41) is 0. The Balaban J connectivity index is 2.21. The smallest absolute Gasteiger partial charge is 0.327 e. The van der Waals surface area contributed by atoms with Gasteiger partial charge in [0.25, 0.3) is 0 Å². The fourth-order valence-electron chi connectivity index (χ4n) is 2.40. The van der Waals surface area contributed by atoms with Crippen LogP contribution in [0.15, 0.2) is 24.3 Å². The van der Waals surface area contributed by atoms with E-state index in [9.17, 15) is 3.89 Å². The van der Waals surface area contributed by atoms with Crippen molar-refractivity contribution < 1.29 is 8.54 Å². The Hall–Kier alpha value is -0.475. The van der Waals surface area contributed by atoms with Gasteiger partial charge in [0.1, 0.15) is 0 Å². The van der Waals surface area contributed by atoms with E-state index in [0.717, 1.165) is 11.9 Å². The number of rotatable bonds is 3. The third kappa shape index (κ3) is 2.60. The highest BCUT2D eigenvalue weighted by Crippen LogP contribution is 2.45. The van der Waals surface area contributed by atoms with Gasteiger partial charge >= 0.3 is 6.92 Å². The molecule has 0 saturated carbocycles. The van der Waals surface area contributed by atoms with Crippen LogP contribution in [0.4, 0.5) is 3.89 Å². The summed E-state index contributed by atoms with van der Waals surface area (Å²) in [6.45, 7) is 8.91. The topological polar surface area (TPSA) is 9.23 Å². The molecule has 2 rings (SSSR count). The van der Waals surface area contributed by atoms with Crippen LogP contribution in [0.2, 0.25) is 6.32 Å². The molecule has 1 fully saturated rings. The van der Waals surface area contributed by atoms with Crippen molar-refractivity contribution in [2.45, 2.75) is 45.4 Å². The first-order valence-electron chi connectivity index (χ1n) is 6.36. The highest BCUT2D eigenvalue weighted by atomic mass is 32.2. The molecule has 1 nitrogen and oxygen atoms in total. The van der Waals surface area contributed by atoms with Gasteiger partial charge in [-0.3, -0.25) is 0 Å². The van der Waals surface area contributed by atoms with E-state index < -0.39 is 0 Å². The molecule has 1 aromatic carbocycles. The first kappa shape index (κ1) is 13.9. The van der Waals surface area contributed by atoms with E-state index in [0.29, 0.717) is 17.9 Å². The Morgan fingerprint density at radius 3 is 2.61 bits per heavy atom. The molecule has 98 valence electrons. The lowest BCUT2D eigenvalue weighted by Gasteiger charge is -2.34. The van der Waals surface area contributed by atoms with Crippen LogP contribution >= 0.6 is 12.1 Å². The number of halogens is 1. The van der Waals surface area contributed by atoms with Gasteiger partial charge in [-0.2, -0.15) is 3.89 Å². The zero-order valence-corrected chi connectivity index (χ0v) is 12.3. The second-order valence-electron chi connectivity index (χ2n) is 6.20. The van der Waals surface area contributed by atoms with E-state index >= 15 is 0 Å². The van der Waals surface area contributed by atoms with Crippen LogP contribution in [-0.4, -0.2) is 12.5 Å². The molecule has 0 bridgehead atoms. The molecule has 0 unspecified atom stereocenters. The van der Waals surface area contributed by atoms with E-state index in [4.69, 9.17) is 4.65 Å². The minimum Gasteiger partial charge on any atom is -0.426 e. The molecule has 1 heterocycles. The zero-order valence-electron chi connectivity index (χ0n) is 11.5. The lowest BCUT2D eigenvalue weighted by Crippen LogP contribution is -2.36. The molecule has 1 saturated heterocycles. The standard InChI is InChI=1S/C14H20BFOS/c1-13(2)10-15(17-14(13,3)4)12-7-5-6-11(8-12)9-18-16/h5-8H,9-10H2,1-4H3. The summed E-state index contributed by atoms with van der Waals surface area (Å²) in [4.78, 5) is 0. The van der Waals surface area contributed by atoms with Gasteiger partial charge in [0.15, 0.2) is 0 Å². The molecule has 1 aromatic rings. The van der Waals surface area contributed by atoms with Crippen molar-refractivity contribution in [3.05, 3.63) is 29.8 Å². The molecule has 0 aliphatic carbocycles. The summed E-state index contributed by atoms with van der Waals surface area (Å²) in [6, 6.07) is 8.09. The van der Waals surface area contributed by atoms with Crippen LogP contribution in [0, 0.1) is 5.41 Å². The lowest BCUT2D eigenvalue weighted by molar-refractivity contribution is 0.0375. The number of hydrogen-bond donors (Lipinski definition) is 0. The molecule has 0 N–H and O–H groups in total. The molecular weight excluding hydrogens is 246 g/mol. The summed E-state index contributed by atoms with van der Waals surface area (Å²) in [5.41, 5.74) is 2.22. The average Bonchev–Trinajstić information content (AvgIpc) is 2.49. The second-order valence-corrected chi connectivity index (χ2v) is 6.71. The molecule has 0 spiro atoms. The fourth-order valence-corrected chi connectivity index (χ4v) is 2.70. The highest BCUT2D eigenvalue weighted by molar-refractivity contribution is 7.93. The first-order chi connectivity index (χ1) is 8.36.